The molecule has 0 radical (unpaired) electrons. The van der Waals surface area contributed by atoms with E-state index < -0.39 is 41.0 Å². The smallest absolute Gasteiger partial charge is 0.241 e. The van der Waals surface area contributed by atoms with Crippen molar-refractivity contribution >= 4 is 23.2 Å². The van der Waals surface area contributed by atoms with Gasteiger partial charge in [-0.1, -0.05) is 0 Å². The normalized spacial score (nSPS) is 13.3. The number of hydrogen-bond donors (Lipinski definition) is 2. The van der Waals surface area contributed by atoms with Gasteiger partial charge in [-0.25, -0.2) is 13.2 Å². The number of amides is 2. The highest BCUT2D eigenvalue weighted by Gasteiger charge is 2.22. The SMILES string of the molecule is C[C@@H](C(=O)Nc1ccc2c(c1)OCO2)N(C)CC(=O)Nc1ccc(F)c(F)c1F. The molecule has 0 unspecified atom stereocenters. The van der Waals surface area contributed by atoms with Gasteiger partial charge in [-0.3, -0.25) is 14.5 Å². The van der Waals surface area contributed by atoms with Gasteiger partial charge in [0.05, 0.1) is 18.3 Å². The number of fused-ring (bicyclic) bond motifs is 1. The monoisotopic (exact) mass is 409 g/mol. The molecule has 7 nitrogen and oxygen atoms in total. The number of hydrogen-bond acceptors (Lipinski definition) is 5. The van der Waals surface area contributed by atoms with Crippen LogP contribution in [0.4, 0.5) is 24.5 Å². The summed E-state index contributed by atoms with van der Waals surface area (Å²) in [4.78, 5) is 25.9. The van der Waals surface area contributed by atoms with E-state index >= 15 is 0 Å². The molecule has 1 atom stereocenters. The summed E-state index contributed by atoms with van der Waals surface area (Å²) in [5.74, 6) is -4.52. The van der Waals surface area contributed by atoms with E-state index in [1.54, 1.807) is 25.1 Å². The van der Waals surface area contributed by atoms with Crippen molar-refractivity contribution in [2.45, 2.75) is 13.0 Å². The molecule has 1 aliphatic rings. The van der Waals surface area contributed by atoms with E-state index in [0.29, 0.717) is 23.3 Å². The van der Waals surface area contributed by atoms with E-state index in [2.05, 4.69) is 10.6 Å². The average Bonchev–Trinajstić information content (AvgIpc) is 3.15. The van der Waals surface area contributed by atoms with Gasteiger partial charge in [0.15, 0.2) is 29.0 Å². The van der Waals surface area contributed by atoms with Gasteiger partial charge >= 0.3 is 0 Å². The quantitative estimate of drug-likeness (QED) is 0.718. The Morgan fingerprint density at radius 1 is 1.07 bits per heavy atom. The third-order valence-corrected chi connectivity index (χ3v) is 4.38. The van der Waals surface area contributed by atoms with Crippen LogP contribution in [0.5, 0.6) is 11.5 Å². The fraction of sp³-hybridized carbons (Fsp3) is 0.263. The number of nitrogens with zero attached hydrogens (tertiary/aromatic N) is 1. The molecular formula is C19H18F3N3O4. The molecule has 0 fully saturated rings. The molecular weight excluding hydrogens is 391 g/mol. The molecule has 10 heteroatoms. The molecule has 0 saturated heterocycles. The lowest BCUT2D eigenvalue weighted by Gasteiger charge is -2.23. The van der Waals surface area contributed by atoms with E-state index in [1.807, 2.05) is 0 Å². The van der Waals surface area contributed by atoms with Gasteiger partial charge in [-0.2, -0.15) is 0 Å². The summed E-state index contributed by atoms with van der Waals surface area (Å²) in [6.07, 6.45) is 0. The van der Waals surface area contributed by atoms with Crippen LogP contribution in [-0.2, 0) is 9.59 Å². The van der Waals surface area contributed by atoms with Crippen LogP contribution in [0.2, 0.25) is 0 Å². The van der Waals surface area contributed by atoms with Crippen molar-refractivity contribution in [3.8, 4) is 11.5 Å². The van der Waals surface area contributed by atoms with E-state index in [-0.39, 0.29) is 13.3 Å². The van der Waals surface area contributed by atoms with Crippen LogP contribution >= 0.6 is 0 Å². The molecule has 2 amide bonds. The summed E-state index contributed by atoms with van der Waals surface area (Å²) >= 11 is 0. The van der Waals surface area contributed by atoms with Crippen LogP contribution in [-0.4, -0.2) is 43.1 Å². The predicted octanol–water partition coefficient (Wildman–Crippen LogP) is 2.73. The van der Waals surface area contributed by atoms with Crippen LogP contribution in [0, 0.1) is 17.5 Å². The molecule has 0 bridgehead atoms. The van der Waals surface area contributed by atoms with Crippen molar-refractivity contribution in [2.24, 2.45) is 0 Å². The number of nitrogens with one attached hydrogen (secondary N) is 2. The van der Waals surface area contributed by atoms with Crippen molar-refractivity contribution in [3.63, 3.8) is 0 Å². The van der Waals surface area contributed by atoms with E-state index in [0.717, 1.165) is 6.07 Å². The molecule has 2 aromatic rings. The zero-order valence-corrected chi connectivity index (χ0v) is 15.6. The number of carbonyl (C=O) groups excluding carboxylic acids is 2. The first-order valence-corrected chi connectivity index (χ1v) is 8.60. The van der Waals surface area contributed by atoms with Crippen LogP contribution in [0.1, 0.15) is 6.92 Å². The number of rotatable bonds is 6. The number of likely N-dealkylation sites (N-methyl/N-ethyl adjacent to an activating group) is 1. The first kappa shape index (κ1) is 20.5. The van der Waals surface area contributed by atoms with Gasteiger partial charge in [0.2, 0.25) is 18.6 Å². The number of halogens is 3. The topological polar surface area (TPSA) is 79.9 Å². The molecule has 2 aromatic carbocycles. The molecule has 0 saturated carbocycles. The van der Waals surface area contributed by atoms with Crippen LogP contribution < -0.4 is 20.1 Å². The highest BCUT2D eigenvalue weighted by atomic mass is 19.2. The average molecular weight is 409 g/mol. The highest BCUT2D eigenvalue weighted by Crippen LogP contribution is 2.34. The highest BCUT2D eigenvalue weighted by molar-refractivity contribution is 5.96. The minimum absolute atomic E-state index is 0.111. The number of carbonyl (C=O) groups is 2. The zero-order valence-electron chi connectivity index (χ0n) is 15.6. The third-order valence-electron chi connectivity index (χ3n) is 4.38. The Balaban J connectivity index is 1.56. The molecule has 2 N–H and O–H groups in total. The van der Waals surface area contributed by atoms with E-state index in [1.165, 1.54) is 11.9 Å². The lowest BCUT2D eigenvalue weighted by Crippen LogP contribution is -2.43. The summed E-state index contributed by atoms with van der Waals surface area (Å²) in [5, 5.41) is 4.86. The van der Waals surface area contributed by atoms with Gasteiger partial charge in [-0.05, 0) is 38.2 Å². The Bertz CT molecular complexity index is 955. The lowest BCUT2D eigenvalue weighted by atomic mass is 10.2. The summed E-state index contributed by atoms with van der Waals surface area (Å²) in [6, 6.07) is 5.83. The molecule has 154 valence electrons. The van der Waals surface area contributed by atoms with Crippen LogP contribution in [0.3, 0.4) is 0 Å². The van der Waals surface area contributed by atoms with E-state index in [9.17, 15) is 22.8 Å². The zero-order chi connectivity index (χ0) is 21.1. The molecule has 3 rings (SSSR count). The van der Waals surface area contributed by atoms with Crippen molar-refractivity contribution in [2.75, 3.05) is 31.0 Å². The summed E-state index contributed by atoms with van der Waals surface area (Å²) in [7, 11) is 1.52. The molecule has 0 aliphatic carbocycles. The number of anilines is 2. The molecule has 1 aliphatic heterocycles. The van der Waals surface area contributed by atoms with Crippen molar-refractivity contribution in [1.29, 1.82) is 0 Å². The van der Waals surface area contributed by atoms with Gasteiger partial charge in [-0.15, -0.1) is 0 Å². The summed E-state index contributed by atoms with van der Waals surface area (Å²) in [6.45, 7) is 1.40. The second-order valence-electron chi connectivity index (χ2n) is 6.42. The Labute approximate surface area is 164 Å². The first-order chi connectivity index (χ1) is 13.8. The Morgan fingerprint density at radius 2 is 1.79 bits per heavy atom. The van der Waals surface area contributed by atoms with Gasteiger partial charge in [0.25, 0.3) is 0 Å². The van der Waals surface area contributed by atoms with Gasteiger partial charge in [0, 0.05) is 11.8 Å². The minimum atomic E-state index is -1.67. The van der Waals surface area contributed by atoms with Crippen molar-refractivity contribution in [1.82, 2.24) is 4.90 Å². The summed E-state index contributed by atoms with van der Waals surface area (Å²) in [5.41, 5.74) is 0.00701. The van der Waals surface area contributed by atoms with Gasteiger partial charge in [0.1, 0.15) is 0 Å². The molecule has 29 heavy (non-hydrogen) atoms. The Morgan fingerprint density at radius 3 is 2.55 bits per heavy atom. The minimum Gasteiger partial charge on any atom is -0.454 e. The number of benzene rings is 2. The first-order valence-electron chi connectivity index (χ1n) is 8.60. The third kappa shape index (κ3) is 4.60. The lowest BCUT2D eigenvalue weighted by molar-refractivity contribution is -0.122. The second kappa shape index (κ2) is 8.39. The standard InChI is InChI=1S/C19H18F3N3O4/c1-10(19(27)23-11-3-6-14-15(7-11)29-9-28-14)25(2)8-16(26)24-13-5-4-12(20)17(21)18(13)22/h3-7,10H,8-9H2,1-2H3,(H,23,27)(H,24,26)/t10-/m0/s1. The summed E-state index contributed by atoms with van der Waals surface area (Å²) < 4.78 is 50.3. The molecule has 0 spiro atoms. The van der Waals surface area contributed by atoms with Crippen molar-refractivity contribution in [3.05, 3.63) is 47.8 Å². The predicted molar refractivity (Wildman–Crippen MR) is 98.2 cm³/mol. The molecule has 1 heterocycles. The number of ether oxygens (including phenoxy) is 2. The van der Waals surface area contributed by atoms with Crippen molar-refractivity contribution < 1.29 is 32.2 Å². The second-order valence-corrected chi connectivity index (χ2v) is 6.42. The van der Waals surface area contributed by atoms with Crippen LogP contribution in [0.25, 0.3) is 0 Å². The largest absolute Gasteiger partial charge is 0.454 e. The molecule has 0 aromatic heterocycles. The van der Waals surface area contributed by atoms with E-state index in [4.69, 9.17) is 9.47 Å². The maximum atomic E-state index is 13.7. The maximum Gasteiger partial charge on any atom is 0.241 e. The maximum absolute atomic E-state index is 13.7. The van der Waals surface area contributed by atoms with Gasteiger partial charge < -0.3 is 20.1 Å². The Hall–Kier alpha value is -3.27. The Kier molecular flexibility index (Phi) is 5.92. The fourth-order valence-corrected chi connectivity index (χ4v) is 2.60. The van der Waals surface area contributed by atoms with Crippen LogP contribution in [0.15, 0.2) is 30.3 Å². The fourth-order valence-electron chi connectivity index (χ4n) is 2.60.